The quantitative estimate of drug-likeness (QED) is 0.575. The topological polar surface area (TPSA) is 138 Å². The molecule has 164 valence electrons. The van der Waals surface area contributed by atoms with Gasteiger partial charge in [0, 0.05) is 12.2 Å². The maximum absolute atomic E-state index is 12.6. The number of hydrogen-bond acceptors (Lipinski definition) is 10. The van der Waals surface area contributed by atoms with Crippen LogP contribution in [0.3, 0.4) is 0 Å². The lowest BCUT2D eigenvalue weighted by Gasteiger charge is -2.11. The van der Waals surface area contributed by atoms with E-state index in [9.17, 15) is 13.2 Å². The summed E-state index contributed by atoms with van der Waals surface area (Å²) in [7, 11) is -1.35. The van der Waals surface area contributed by atoms with Gasteiger partial charge in [0.15, 0.2) is 0 Å². The lowest BCUT2D eigenvalue weighted by molar-refractivity contribution is 0.0101. The molecule has 0 radical (unpaired) electrons. The number of rotatable bonds is 9. The summed E-state index contributed by atoms with van der Waals surface area (Å²) >= 11 is 0.987. The molecule has 13 heteroatoms. The van der Waals surface area contributed by atoms with Crippen LogP contribution in [0.5, 0.6) is 11.8 Å². The summed E-state index contributed by atoms with van der Waals surface area (Å²) in [6.07, 6.45) is 1.95. The van der Waals surface area contributed by atoms with Gasteiger partial charge in [-0.1, -0.05) is 0 Å². The van der Waals surface area contributed by atoms with Gasteiger partial charge in [0.2, 0.25) is 17.7 Å². The Morgan fingerprint density at radius 3 is 2.67 bits per heavy atom. The highest BCUT2D eigenvalue weighted by Crippen LogP contribution is 2.24. The molecule has 0 aliphatic carbocycles. The van der Waals surface area contributed by atoms with E-state index in [0.29, 0.717) is 18.8 Å². The summed E-state index contributed by atoms with van der Waals surface area (Å²) in [4.78, 5) is 20.1. The number of thiophene rings is 1. The third-order valence-electron chi connectivity index (χ3n) is 4.09. The molecule has 1 fully saturated rings. The number of hydrogen-bond donors (Lipinski definition) is 2. The molecule has 3 heterocycles. The maximum atomic E-state index is 12.6. The van der Waals surface area contributed by atoms with Crippen LogP contribution in [0.2, 0.25) is 0 Å². The molecule has 0 aromatic carbocycles. The van der Waals surface area contributed by atoms with Crippen LogP contribution in [0, 0.1) is 0 Å². The third-order valence-corrected chi connectivity index (χ3v) is 6.99. The van der Waals surface area contributed by atoms with Crippen LogP contribution in [0.4, 0.5) is 10.7 Å². The third kappa shape index (κ3) is 5.78. The summed E-state index contributed by atoms with van der Waals surface area (Å²) in [6, 6.07) is 2.03. The molecule has 2 amide bonds. The van der Waals surface area contributed by atoms with E-state index in [1.54, 1.807) is 11.4 Å². The molecular weight excluding hydrogens is 436 g/mol. The van der Waals surface area contributed by atoms with Gasteiger partial charge in [-0.05, 0) is 24.3 Å². The fourth-order valence-electron chi connectivity index (χ4n) is 2.71. The smallest absolute Gasteiger partial charge is 0.335 e. The largest absolute Gasteiger partial charge is 0.481 e. The van der Waals surface area contributed by atoms with Gasteiger partial charge in [0.1, 0.15) is 4.21 Å². The van der Waals surface area contributed by atoms with Crippen molar-refractivity contribution in [1.29, 1.82) is 0 Å². The molecule has 2 N–H and O–H groups in total. The van der Waals surface area contributed by atoms with E-state index in [2.05, 4.69) is 15.3 Å². The standard InChI is InChI=1S/C17H22N4O7S2/c1-25-13-8-14(26-2)19-16(18-13)20-17(22)21-30(23,24)15-11(5-7-29-15)9-27-10-12-4-3-6-28-12/h5,7-8,12H,3-4,6,9-10H2,1-2H3,(H2,18,19,20,21,22). The van der Waals surface area contributed by atoms with E-state index < -0.39 is 16.1 Å². The average molecular weight is 459 g/mol. The minimum atomic E-state index is -4.12. The van der Waals surface area contributed by atoms with Gasteiger partial charge in [-0.25, -0.2) is 17.9 Å². The van der Waals surface area contributed by atoms with Crippen molar-refractivity contribution in [2.24, 2.45) is 0 Å². The van der Waals surface area contributed by atoms with E-state index in [0.717, 1.165) is 24.2 Å². The molecule has 2 aromatic rings. The molecule has 1 aliphatic rings. The van der Waals surface area contributed by atoms with Crippen LogP contribution in [0.15, 0.2) is 21.7 Å². The molecule has 1 saturated heterocycles. The fraction of sp³-hybridized carbons (Fsp3) is 0.471. The van der Waals surface area contributed by atoms with Crippen molar-refractivity contribution in [2.45, 2.75) is 29.8 Å². The highest BCUT2D eigenvalue weighted by atomic mass is 32.2. The Labute approximate surface area is 177 Å². The van der Waals surface area contributed by atoms with Gasteiger partial charge >= 0.3 is 6.03 Å². The van der Waals surface area contributed by atoms with Gasteiger partial charge in [-0.15, -0.1) is 11.3 Å². The van der Waals surface area contributed by atoms with Crippen LogP contribution in [0.1, 0.15) is 18.4 Å². The second-order valence-corrected chi connectivity index (χ2v) is 9.01. The molecule has 0 spiro atoms. The zero-order valence-electron chi connectivity index (χ0n) is 16.4. The summed E-state index contributed by atoms with van der Waals surface area (Å²) in [6.45, 7) is 1.20. The Morgan fingerprint density at radius 2 is 2.03 bits per heavy atom. The Balaban J connectivity index is 1.62. The summed E-state index contributed by atoms with van der Waals surface area (Å²) in [5.41, 5.74) is 0.456. The molecule has 1 unspecified atom stereocenters. The Kier molecular flexibility index (Phi) is 7.42. The van der Waals surface area contributed by atoms with E-state index in [4.69, 9.17) is 18.9 Å². The second-order valence-electron chi connectivity index (χ2n) is 6.22. The lowest BCUT2D eigenvalue weighted by Crippen LogP contribution is -2.35. The summed E-state index contributed by atoms with van der Waals surface area (Å²) in [5.74, 6) is 0.109. The Hall–Kier alpha value is -2.48. The molecule has 1 atom stereocenters. The minimum Gasteiger partial charge on any atom is -0.481 e. The molecule has 0 bridgehead atoms. The maximum Gasteiger partial charge on any atom is 0.335 e. The van der Waals surface area contributed by atoms with Crippen molar-refractivity contribution >= 4 is 33.3 Å². The number of amides is 2. The molecule has 0 saturated carbocycles. The fourth-order valence-corrected chi connectivity index (χ4v) is 5.00. The normalized spacial score (nSPS) is 16.3. The van der Waals surface area contributed by atoms with E-state index in [1.807, 2.05) is 4.72 Å². The Morgan fingerprint density at radius 1 is 1.30 bits per heavy atom. The van der Waals surface area contributed by atoms with Crippen molar-refractivity contribution in [3.63, 3.8) is 0 Å². The van der Waals surface area contributed by atoms with E-state index in [-0.39, 0.29) is 34.6 Å². The van der Waals surface area contributed by atoms with Gasteiger partial charge in [-0.3, -0.25) is 5.32 Å². The first kappa shape index (κ1) is 22.2. The number of anilines is 1. The number of ether oxygens (including phenoxy) is 4. The number of methoxy groups -OCH3 is 2. The second kappa shape index (κ2) is 10.0. The predicted molar refractivity (Wildman–Crippen MR) is 107 cm³/mol. The van der Waals surface area contributed by atoms with Crippen LogP contribution < -0.4 is 19.5 Å². The average Bonchev–Trinajstić information content (AvgIpc) is 3.39. The van der Waals surface area contributed by atoms with Crippen molar-refractivity contribution in [3.8, 4) is 11.8 Å². The molecule has 30 heavy (non-hydrogen) atoms. The number of sulfonamides is 1. The lowest BCUT2D eigenvalue weighted by atomic mass is 10.2. The number of urea groups is 1. The van der Waals surface area contributed by atoms with Gasteiger partial charge < -0.3 is 18.9 Å². The summed E-state index contributed by atoms with van der Waals surface area (Å²) < 4.78 is 48.3. The van der Waals surface area contributed by atoms with Crippen LogP contribution in [-0.2, 0) is 26.1 Å². The first-order valence-corrected chi connectivity index (χ1v) is 11.3. The number of aromatic nitrogens is 2. The highest BCUT2D eigenvalue weighted by molar-refractivity contribution is 7.92. The first-order valence-electron chi connectivity index (χ1n) is 8.98. The SMILES string of the molecule is COc1cc(OC)nc(NC(=O)NS(=O)(=O)c2sccc2COCC2CCCO2)n1. The van der Waals surface area contributed by atoms with Gasteiger partial charge in [0.25, 0.3) is 10.0 Å². The molecule has 2 aromatic heterocycles. The van der Waals surface area contributed by atoms with Crippen molar-refractivity contribution in [3.05, 3.63) is 23.1 Å². The zero-order chi connectivity index (χ0) is 21.6. The number of nitrogens with one attached hydrogen (secondary N) is 2. The molecule has 11 nitrogen and oxygen atoms in total. The highest BCUT2D eigenvalue weighted by Gasteiger charge is 2.24. The first-order chi connectivity index (χ1) is 14.4. The number of carbonyl (C=O) groups excluding carboxylic acids is 1. The minimum absolute atomic E-state index is 0.00543. The molecule has 3 rings (SSSR count). The van der Waals surface area contributed by atoms with Crippen LogP contribution in [0.25, 0.3) is 0 Å². The number of nitrogens with zero attached hydrogens (tertiary/aromatic N) is 2. The van der Waals surface area contributed by atoms with E-state index in [1.165, 1.54) is 20.3 Å². The Bertz CT molecular complexity index is 952. The molecule has 1 aliphatic heterocycles. The molecular formula is C17H22N4O7S2. The van der Waals surface area contributed by atoms with Crippen molar-refractivity contribution in [1.82, 2.24) is 14.7 Å². The van der Waals surface area contributed by atoms with E-state index >= 15 is 0 Å². The van der Waals surface area contributed by atoms with Crippen molar-refractivity contribution < 1.29 is 32.2 Å². The van der Waals surface area contributed by atoms with Gasteiger partial charge in [0.05, 0.1) is 39.6 Å². The summed E-state index contributed by atoms with van der Waals surface area (Å²) in [5, 5.41) is 3.87. The predicted octanol–water partition coefficient (Wildman–Crippen LogP) is 1.76. The van der Waals surface area contributed by atoms with Crippen molar-refractivity contribution in [2.75, 3.05) is 32.8 Å². The van der Waals surface area contributed by atoms with Crippen LogP contribution in [-0.4, -0.2) is 58.0 Å². The zero-order valence-corrected chi connectivity index (χ0v) is 18.0. The monoisotopic (exact) mass is 458 g/mol. The van der Waals surface area contributed by atoms with Crippen LogP contribution >= 0.6 is 11.3 Å². The van der Waals surface area contributed by atoms with Gasteiger partial charge in [-0.2, -0.15) is 9.97 Å². The number of carbonyl (C=O) groups is 1.